The van der Waals surface area contributed by atoms with Gasteiger partial charge in [0.25, 0.3) is 0 Å². The number of pyridine rings is 1. The van der Waals surface area contributed by atoms with Crippen LogP contribution in [0.1, 0.15) is 25.1 Å². The molecule has 0 radical (unpaired) electrons. The molecule has 0 aliphatic carbocycles. The number of hydrogen-bond acceptors (Lipinski definition) is 6. The van der Waals surface area contributed by atoms with E-state index in [1.807, 2.05) is 30.5 Å². The maximum atomic E-state index is 6.02. The average molecular weight is 414 g/mol. The van der Waals surface area contributed by atoms with Crippen LogP contribution >= 0.6 is 11.6 Å². The molecule has 6 nitrogen and oxygen atoms in total. The van der Waals surface area contributed by atoms with Gasteiger partial charge in [0, 0.05) is 30.7 Å². The van der Waals surface area contributed by atoms with Crippen molar-refractivity contribution in [1.82, 2.24) is 10.3 Å². The Morgan fingerprint density at radius 1 is 1.24 bits per heavy atom. The lowest BCUT2D eigenvalue weighted by molar-refractivity contribution is 0.122. The molecule has 1 aromatic carbocycles. The van der Waals surface area contributed by atoms with Crippen molar-refractivity contribution < 1.29 is 4.74 Å². The summed E-state index contributed by atoms with van der Waals surface area (Å²) in [5.74, 6) is 1.39. The number of halogens is 1. The molecule has 2 aliphatic rings. The van der Waals surface area contributed by atoms with Gasteiger partial charge in [0.2, 0.25) is 0 Å². The van der Waals surface area contributed by atoms with Gasteiger partial charge in [0.05, 0.1) is 37.3 Å². The van der Waals surface area contributed by atoms with E-state index in [0.29, 0.717) is 18.5 Å². The molecule has 1 unspecified atom stereocenters. The summed E-state index contributed by atoms with van der Waals surface area (Å²) in [6.45, 7) is 9.17. The molecule has 3 heterocycles. The van der Waals surface area contributed by atoms with E-state index in [0.717, 1.165) is 60.8 Å². The molecule has 1 aromatic heterocycles. The van der Waals surface area contributed by atoms with Crippen molar-refractivity contribution in [1.29, 1.82) is 0 Å². The first-order valence-corrected chi connectivity index (χ1v) is 10.6. The van der Waals surface area contributed by atoms with Crippen molar-refractivity contribution >= 4 is 28.8 Å². The van der Waals surface area contributed by atoms with Crippen molar-refractivity contribution in [3.8, 4) is 0 Å². The number of benzene rings is 1. The molecule has 0 saturated carbocycles. The van der Waals surface area contributed by atoms with E-state index in [2.05, 4.69) is 35.4 Å². The summed E-state index contributed by atoms with van der Waals surface area (Å²) >= 11 is 6.02. The van der Waals surface area contributed by atoms with Gasteiger partial charge in [-0.25, -0.2) is 4.98 Å². The van der Waals surface area contributed by atoms with Crippen LogP contribution in [0.2, 0.25) is 5.02 Å². The highest BCUT2D eigenvalue weighted by Crippen LogP contribution is 2.25. The molecular formula is C22H28ClN5O. The predicted molar refractivity (Wildman–Crippen MR) is 119 cm³/mol. The zero-order valence-corrected chi connectivity index (χ0v) is 17.7. The maximum absolute atomic E-state index is 6.02. The summed E-state index contributed by atoms with van der Waals surface area (Å²) in [6.07, 6.45) is 1.95. The molecule has 4 rings (SSSR count). The third-order valence-corrected chi connectivity index (χ3v) is 5.69. The third kappa shape index (κ3) is 4.82. The standard InChI is InChI=1S/C22H28ClN5O/c1-15(2)20-14-26-22(27-20)21-19(24-12-16-3-5-17(23)6-4-16)11-18(13-25-21)28-7-9-29-10-8-28/h3-6,11,13,15,20,24H,7-10,12,14H2,1-2H3,(H,26,27). The summed E-state index contributed by atoms with van der Waals surface area (Å²) in [6, 6.07) is 10.4. The van der Waals surface area contributed by atoms with E-state index in [9.17, 15) is 0 Å². The minimum atomic E-state index is 0.356. The predicted octanol–water partition coefficient (Wildman–Crippen LogP) is 3.56. The molecule has 0 bridgehead atoms. The number of rotatable bonds is 6. The van der Waals surface area contributed by atoms with Gasteiger partial charge in [-0.05, 0) is 29.7 Å². The van der Waals surface area contributed by atoms with Gasteiger partial charge in [-0.1, -0.05) is 37.6 Å². The SMILES string of the molecule is CC(C)C1CN=C(c2ncc(N3CCOCC3)cc2NCc2ccc(Cl)cc2)N1. The number of ether oxygens (including phenoxy) is 1. The number of nitrogens with one attached hydrogen (secondary N) is 2. The van der Waals surface area contributed by atoms with Crippen LogP contribution in [-0.2, 0) is 11.3 Å². The molecule has 2 aliphatic heterocycles. The highest BCUT2D eigenvalue weighted by molar-refractivity contribution is 6.30. The first kappa shape index (κ1) is 20.0. The summed E-state index contributed by atoms with van der Waals surface area (Å²) in [4.78, 5) is 11.8. The zero-order valence-electron chi connectivity index (χ0n) is 17.0. The van der Waals surface area contributed by atoms with Crippen LogP contribution in [0, 0.1) is 5.92 Å². The van der Waals surface area contributed by atoms with Gasteiger partial charge >= 0.3 is 0 Å². The molecule has 154 valence electrons. The van der Waals surface area contributed by atoms with Crippen molar-refractivity contribution in [3.05, 3.63) is 52.8 Å². The van der Waals surface area contributed by atoms with Crippen molar-refractivity contribution in [2.75, 3.05) is 43.1 Å². The zero-order chi connectivity index (χ0) is 20.2. The Labute approximate surface area is 177 Å². The lowest BCUT2D eigenvalue weighted by Crippen LogP contribution is -2.37. The Bertz CT molecular complexity index is 862. The molecular weight excluding hydrogens is 386 g/mol. The van der Waals surface area contributed by atoms with Crippen LogP contribution in [0.15, 0.2) is 41.5 Å². The number of amidine groups is 1. The number of morpholine rings is 1. The van der Waals surface area contributed by atoms with E-state index >= 15 is 0 Å². The van der Waals surface area contributed by atoms with Gasteiger partial charge in [-0.2, -0.15) is 0 Å². The molecule has 2 N–H and O–H groups in total. The second-order valence-electron chi connectivity index (χ2n) is 7.85. The Balaban J connectivity index is 1.58. The maximum Gasteiger partial charge on any atom is 0.149 e. The van der Waals surface area contributed by atoms with E-state index in [-0.39, 0.29) is 0 Å². The van der Waals surface area contributed by atoms with Crippen molar-refractivity contribution in [3.63, 3.8) is 0 Å². The molecule has 1 saturated heterocycles. The molecule has 29 heavy (non-hydrogen) atoms. The van der Waals surface area contributed by atoms with E-state index in [1.54, 1.807) is 0 Å². The average Bonchev–Trinajstić information content (AvgIpc) is 3.24. The van der Waals surface area contributed by atoms with Gasteiger partial charge < -0.3 is 20.3 Å². The Kier molecular flexibility index (Phi) is 6.21. The van der Waals surface area contributed by atoms with E-state index < -0.39 is 0 Å². The second-order valence-corrected chi connectivity index (χ2v) is 8.29. The number of hydrogen-bond donors (Lipinski definition) is 2. The molecule has 1 fully saturated rings. The Morgan fingerprint density at radius 2 is 2.00 bits per heavy atom. The van der Waals surface area contributed by atoms with Crippen LogP contribution in [-0.4, -0.2) is 49.7 Å². The fourth-order valence-electron chi connectivity index (χ4n) is 3.55. The Hall–Kier alpha value is -2.31. The number of aliphatic imine (C=N–C) groups is 1. The molecule has 0 amide bonds. The molecule has 1 atom stereocenters. The fourth-order valence-corrected chi connectivity index (χ4v) is 3.67. The first-order valence-electron chi connectivity index (χ1n) is 10.2. The minimum Gasteiger partial charge on any atom is -0.379 e. The number of nitrogens with zero attached hydrogens (tertiary/aromatic N) is 3. The lowest BCUT2D eigenvalue weighted by Gasteiger charge is -2.29. The van der Waals surface area contributed by atoms with Crippen molar-refractivity contribution in [2.45, 2.75) is 26.4 Å². The van der Waals surface area contributed by atoms with Crippen LogP contribution in [0.25, 0.3) is 0 Å². The molecule has 7 heteroatoms. The highest BCUT2D eigenvalue weighted by Gasteiger charge is 2.24. The van der Waals surface area contributed by atoms with E-state index in [4.69, 9.17) is 26.3 Å². The summed E-state index contributed by atoms with van der Waals surface area (Å²) in [5, 5.41) is 7.86. The van der Waals surface area contributed by atoms with Crippen LogP contribution < -0.4 is 15.5 Å². The van der Waals surface area contributed by atoms with E-state index in [1.165, 1.54) is 5.56 Å². The topological polar surface area (TPSA) is 61.8 Å². The second kappa shape index (κ2) is 9.01. The third-order valence-electron chi connectivity index (χ3n) is 5.44. The van der Waals surface area contributed by atoms with Gasteiger partial charge in [0.15, 0.2) is 0 Å². The summed E-state index contributed by atoms with van der Waals surface area (Å²) in [7, 11) is 0. The monoisotopic (exact) mass is 413 g/mol. The fraction of sp³-hybridized carbons (Fsp3) is 0.455. The van der Waals surface area contributed by atoms with Gasteiger partial charge in [-0.15, -0.1) is 0 Å². The van der Waals surface area contributed by atoms with Gasteiger partial charge in [-0.3, -0.25) is 4.99 Å². The molecule has 2 aromatic rings. The molecule has 0 spiro atoms. The first-order chi connectivity index (χ1) is 14.1. The summed E-state index contributed by atoms with van der Waals surface area (Å²) < 4.78 is 5.49. The number of aromatic nitrogens is 1. The minimum absolute atomic E-state index is 0.356. The van der Waals surface area contributed by atoms with Crippen LogP contribution in [0.5, 0.6) is 0 Å². The number of anilines is 2. The lowest BCUT2D eigenvalue weighted by atomic mass is 10.1. The normalized spacial score (nSPS) is 19.2. The van der Waals surface area contributed by atoms with Crippen LogP contribution in [0.4, 0.5) is 11.4 Å². The van der Waals surface area contributed by atoms with Gasteiger partial charge in [0.1, 0.15) is 11.5 Å². The quantitative estimate of drug-likeness (QED) is 0.758. The van der Waals surface area contributed by atoms with Crippen molar-refractivity contribution in [2.24, 2.45) is 10.9 Å². The Morgan fingerprint density at radius 3 is 2.69 bits per heavy atom. The smallest absolute Gasteiger partial charge is 0.149 e. The van der Waals surface area contributed by atoms with Crippen LogP contribution in [0.3, 0.4) is 0 Å². The highest BCUT2D eigenvalue weighted by atomic mass is 35.5. The summed E-state index contributed by atoms with van der Waals surface area (Å²) in [5.41, 5.74) is 4.13. The largest absolute Gasteiger partial charge is 0.379 e.